The van der Waals surface area contributed by atoms with E-state index in [-0.39, 0.29) is 30.0 Å². The molecule has 3 saturated heterocycles. The average Bonchev–Trinajstić information content (AvgIpc) is 2.89. The van der Waals surface area contributed by atoms with Gasteiger partial charge in [0.1, 0.15) is 12.1 Å². The first-order chi connectivity index (χ1) is 8.08. The number of hydrogen-bond donors (Lipinski definition) is 1. The van der Waals surface area contributed by atoms with Crippen molar-refractivity contribution < 1.29 is 14.3 Å². The van der Waals surface area contributed by atoms with Gasteiger partial charge in [-0.05, 0) is 33.1 Å². The van der Waals surface area contributed by atoms with Gasteiger partial charge in [-0.25, -0.2) is 0 Å². The van der Waals surface area contributed by atoms with Crippen molar-refractivity contribution in [1.29, 1.82) is 0 Å². The van der Waals surface area contributed by atoms with Gasteiger partial charge in [-0.15, -0.1) is 0 Å². The second-order valence-corrected chi connectivity index (χ2v) is 5.33. The van der Waals surface area contributed by atoms with Crippen molar-refractivity contribution in [2.45, 2.75) is 63.4 Å². The lowest BCUT2D eigenvalue weighted by atomic mass is 9.91. The fraction of sp³-hybridized carbons (Fsp3) is 0.833. The third-order valence-corrected chi connectivity index (χ3v) is 4.21. The third-order valence-electron chi connectivity index (χ3n) is 4.21. The molecule has 5 nitrogen and oxygen atoms in total. The summed E-state index contributed by atoms with van der Waals surface area (Å²) in [7, 11) is 0. The molecule has 3 aliphatic heterocycles. The zero-order valence-electron chi connectivity index (χ0n) is 10.2. The quantitative estimate of drug-likeness (QED) is 0.702. The minimum Gasteiger partial charge on any atom is -0.373 e. The van der Waals surface area contributed by atoms with Crippen LogP contribution < -0.4 is 5.32 Å². The van der Waals surface area contributed by atoms with Gasteiger partial charge >= 0.3 is 0 Å². The smallest absolute Gasteiger partial charge is 0.245 e. The molecule has 17 heavy (non-hydrogen) atoms. The maximum Gasteiger partial charge on any atom is 0.245 e. The van der Waals surface area contributed by atoms with E-state index in [0.717, 1.165) is 19.3 Å². The van der Waals surface area contributed by atoms with Crippen LogP contribution >= 0.6 is 0 Å². The summed E-state index contributed by atoms with van der Waals surface area (Å²) in [6, 6.07) is -0.672. The number of hydrogen-bond acceptors (Lipinski definition) is 3. The van der Waals surface area contributed by atoms with E-state index in [1.807, 2.05) is 0 Å². The van der Waals surface area contributed by atoms with E-state index in [1.54, 1.807) is 18.7 Å². The van der Waals surface area contributed by atoms with Crippen molar-refractivity contribution >= 4 is 11.8 Å². The number of ether oxygens (including phenoxy) is 1. The van der Waals surface area contributed by atoms with Crippen LogP contribution in [0.15, 0.2) is 0 Å². The number of rotatable bonds is 1. The number of nitrogens with zero attached hydrogens (tertiary/aromatic N) is 1. The molecule has 0 aliphatic carbocycles. The molecule has 2 amide bonds. The van der Waals surface area contributed by atoms with Gasteiger partial charge < -0.3 is 15.0 Å². The lowest BCUT2D eigenvalue weighted by Gasteiger charge is -2.41. The maximum absolute atomic E-state index is 12.2. The molecule has 0 aromatic heterocycles. The third kappa shape index (κ3) is 1.56. The zero-order valence-corrected chi connectivity index (χ0v) is 10.2. The standard InChI is InChI=1S/C12H18N2O3/c1-6-12(16)14(7(2)11(15)13-6)9-5-8-3-4-10(9)17-8/h6-10H,3-5H2,1-2H3,(H,13,15). The van der Waals surface area contributed by atoms with Gasteiger partial charge in [-0.3, -0.25) is 9.59 Å². The number of fused-ring (bicyclic) bond motifs is 2. The van der Waals surface area contributed by atoms with Crippen LogP contribution in [0, 0.1) is 0 Å². The van der Waals surface area contributed by atoms with Gasteiger partial charge in [0.2, 0.25) is 11.8 Å². The van der Waals surface area contributed by atoms with Crippen molar-refractivity contribution in [2.75, 3.05) is 0 Å². The van der Waals surface area contributed by atoms with Crippen LogP contribution in [0.4, 0.5) is 0 Å². The highest BCUT2D eigenvalue weighted by molar-refractivity contribution is 5.96. The van der Waals surface area contributed by atoms with Crippen LogP contribution in [0.25, 0.3) is 0 Å². The van der Waals surface area contributed by atoms with E-state index < -0.39 is 6.04 Å². The van der Waals surface area contributed by atoms with Gasteiger partial charge in [-0.2, -0.15) is 0 Å². The Bertz CT molecular complexity index is 371. The van der Waals surface area contributed by atoms with Gasteiger partial charge in [0.15, 0.2) is 0 Å². The first kappa shape index (κ1) is 11.0. The lowest BCUT2D eigenvalue weighted by Crippen LogP contribution is -2.65. The molecule has 0 spiro atoms. The highest BCUT2D eigenvalue weighted by atomic mass is 16.5. The van der Waals surface area contributed by atoms with Crippen molar-refractivity contribution in [3.05, 3.63) is 0 Å². The molecule has 0 aromatic rings. The summed E-state index contributed by atoms with van der Waals surface area (Å²) < 4.78 is 5.78. The minimum atomic E-state index is -0.405. The molecule has 0 radical (unpaired) electrons. The largest absolute Gasteiger partial charge is 0.373 e. The van der Waals surface area contributed by atoms with Crippen molar-refractivity contribution in [2.24, 2.45) is 0 Å². The van der Waals surface area contributed by atoms with E-state index in [4.69, 9.17) is 4.74 Å². The fourth-order valence-electron chi connectivity index (χ4n) is 3.29. The SMILES string of the molecule is CC1NC(=O)C(C)N(C2CC3CCC2O3)C1=O. The van der Waals surface area contributed by atoms with Crippen LogP contribution in [0.2, 0.25) is 0 Å². The Morgan fingerprint density at radius 3 is 2.65 bits per heavy atom. The van der Waals surface area contributed by atoms with Crippen molar-refractivity contribution in [3.8, 4) is 0 Å². The zero-order chi connectivity index (χ0) is 12.2. The minimum absolute atomic E-state index is 0.0262. The molecule has 3 fully saturated rings. The van der Waals surface area contributed by atoms with E-state index in [0.29, 0.717) is 6.10 Å². The summed E-state index contributed by atoms with van der Waals surface area (Å²) in [6.07, 6.45) is 3.44. The molecule has 3 heterocycles. The Balaban J connectivity index is 1.84. The van der Waals surface area contributed by atoms with Crippen LogP contribution in [0.5, 0.6) is 0 Å². The Kier molecular flexibility index (Phi) is 2.40. The number of amides is 2. The summed E-state index contributed by atoms with van der Waals surface area (Å²) in [5, 5.41) is 2.71. The lowest BCUT2D eigenvalue weighted by molar-refractivity contribution is -0.152. The van der Waals surface area contributed by atoms with Gasteiger partial charge in [0, 0.05) is 0 Å². The van der Waals surface area contributed by atoms with E-state index in [1.165, 1.54) is 0 Å². The predicted octanol–water partition coefficient (Wildman–Crippen LogP) is 0.0417. The highest BCUT2D eigenvalue weighted by Gasteiger charge is 2.49. The molecule has 2 bridgehead atoms. The average molecular weight is 238 g/mol. The summed E-state index contributed by atoms with van der Waals surface area (Å²) in [4.78, 5) is 25.7. The number of carbonyl (C=O) groups excluding carboxylic acids is 2. The predicted molar refractivity (Wildman–Crippen MR) is 60.2 cm³/mol. The molecular weight excluding hydrogens is 220 g/mol. The van der Waals surface area contributed by atoms with Crippen molar-refractivity contribution in [1.82, 2.24) is 10.2 Å². The fourth-order valence-corrected chi connectivity index (χ4v) is 3.29. The number of carbonyl (C=O) groups is 2. The Hall–Kier alpha value is -1.10. The van der Waals surface area contributed by atoms with Gasteiger partial charge in [0.25, 0.3) is 0 Å². The van der Waals surface area contributed by atoms with Crippen LogP contribution in [0.1, 0.15) is 33.1 Å². The molecule has 94 valence electrons. The molecule has 5 heteroatoms. The molecular formula is C12H18N2O3. The van der Waals surface area contributed by atoms with Crippen LogP contribution in [-0.2, 0) is 14.3 Å². The molecule has 1 N–H and O–H groups in total. The van der Waals surface area contributed by atoms with E-state index in [9.17, 15) is 9.59 Å². The Labute approximate surface area is 100 Å². The molecule has 5 atom stereocenters. The Morgan fingerprint density at radius 1 is 1.29 bits per heavy atom. The topological polar surface area (TPSA) is 58.6 Å². The second-order valence-electron chi connectivity index (χ2n) is 5.33. The first-order valence-electron chi connectivity index (χ1n) is 6.36. The molecule has 3 rings (SSSR count). The molecule has 0 aromatic carbocycles. The summed E-state index contributed by atoms with van der Waals surface area (Å²) >= 11 is 0. The van der Waals surface area contributed by atoms with Crippen LogP contribution in [0.3, 0.4) is 0 Å². The number of nitrogens with one attached hydrogen (secondary N) is 1. The molecule has 3 aliphatic rings. The molecule has 5 unspecified atom stereocenters. The summed E-state index contributed by atoms with van der Waals surface area (Å²) in [5.74, 6) is -0.0295. The second kappa shape index (κ2) is 3.70. The van der Waals surface area contributed by atoms with Crippen LogP contribution in [-0.4, -0.2) is 47.0 Å². The summed E-state index contributed by atoms with van der Waals surface area (Å²) in [5.41, 5.74) is 0. The maximum atomic E-state index is 12.2. The number of piperazine rings is 1. The first-order valence-corrected chi connectivity index (χ1v) is 6.36. The van der Waals surface area contributed by atoms with E-state index >= 15 is 0 Å². The van der Waals surface area contributed by atoms with Crippen molar-refractivity contribution in [3.63, 3.8) is 0 Å². The normalized spacial score (nSPS) is 45.3. The summed E-state index contributed by atoms with van der Waals surface area (Å²) in [6.45, 7) is 3.54. The van der Waals surface area contributed by atoms with E-state index in [2.05, 4.69) is 5.32 Å². The van der Waals surface area contributed by atoms with Gasteiger partial charge in [-0.1, -0.05) is 0 Å². The monoisotopic (exact) mass is 238 g/mol. The van der Waals surface area contributed by atoms with Gasteiger partial charge in [0.05, 0.1) is 18.2 Å². The highest BCUT2D eigenvalue weighted by Crippen LogP contribution is 2.38. The Morgan fingerprint density at radius 2 is 2.06 bits per heavy atom. The molecule has 0 saturated carbocycles.